The molecule has 0 saturated heterocycles. The van der Waals surface area contributed by atoms with Crippen LogP contribution in [0.5, 0.6) is 0 Å². The van der Waals surface area contributed by atoms with Crippen LogP contribution in [0.25, 0.3) is 11.2 Å². The molecular weight excluding hydrogens is 216 g/mol. The Labute approximate surface area is 101 Å². The van der Waals surface area contributed by atoms with E-state index in [1.165, 1.54) is 0 Å². The lowest BCUT2D eigenvalue weighted by Crippen LogP contribution is -2.21. The van der Waals surface area contributed by atoms with E-state index >= 15 is 0 Å². The molecule has 0 spiro atoms. The summed E-state index contributed by atoms with van der Waals surface area (Å²) in [5, 5.41) is 0. The number of hydrogen-bond donors (Lipinski definition) is 1. The Hall–Kier alpha value is -1.62. The van der Waals surface area contributed by atoms with E-state index in [2.05, 4.69) is 15.0 Å². The third-order valence-corrected chi connectivity index (χ3v) is 2.87. The van der Waals surface area contributed by atoms with Gasteiger partial charge in [0.15, 0.2) is 5.65 Å². The first kappa shape index (κ1) is 11.9. The van der Waals surface area contributed by atoms with Crippen molar-refractivity contribution in [3.05, 3.63) is 18.0 Å². The van der Waals surface area contributed by atoms with Gasteiger partial charge in [-0.05, 0) is 26.0 Å². The van der Waals surface area contributed by atoms with Crippen LogP contribution in [0, 0.1) is 0 Å². The second-order valence-electron chi connectivity index (χ2n) is 4.73. The summed E-state index contributed by atoms with van der Waals surface area (Å²) in [6.45, 7) is 3.94. The Balaban J connectivity index is 2.51. The van der Waals surface area contributed by atoms with Crippen molar-refractivity contribution in [2.75, 3.05) is 26.1 Å². The standard InChI is InChI=1S/C12H18N4O/c1-12(2,17-5)11-13-8-6-7-9(16(3)4)14-10(8)15-11/h6-7H,1-5H3,(H,13,14,15). The molecule has 0 amide bonds. The van der Waals surface area contributed by atoms with Crippen molar-refractivity contribution in [3.8, 4) is 0 Å². The lowest BCUT2D eigenvalue weighted by molar-refractivity contribution is 0.0124. The summed E-state index contributed by atoms with van der Waals surface area (Å²) in [5.41, 5.74) is 1.21. The smallest absolute Gasteiger partial charge is 0.179 e. The number of hydrogen-bond acceptors (Lipinski definition) is 4. The van der Waals surface area contributed by atoms with E-state index in [4.69, 9.17) is 4.74 Å². The summed E-state index contributed by atoms with van der Waals surface area (Å²) < 4.78 is 5.40. The highest BCUT2D eigenvalue weighted by atomic mass is 16.5. The van der Waals surface area contributed by atoms with Crippen LogP contribution < -0.4 is 4.90 Å². The normalized spacial score (nSPS) is 12.1. The third kappa shape index (κ3) is 2.10. The van der Waals surface area contributed by atoms with E-state index in [1.807, 2.05) is 45.0 Å². The predicted octanol–water partition coefficient (Wildman–Crippen LogP) is 1.91. The fourth-order valence-corrected chi connectivity index (χ4v) is 1.51. The number of fused-ring (bicyclic) bond motifs is 1. The number of imidazole rings is 1. The number of methoxy groups -OCH3 is 1. The van der Waals surface area contributed by atoms with Crippen LogP contribution in [0.2, 0.25) is 0 Å². The van der Waals surface area contributed by atoms with E-state index in [-0.39, 0.29) is 0 Å². The Morgan fingerprint density at radius 1 is 1.24 bits per heavy atom. The van der Waals surface area contributed by atoms with Gasteiger partial charge in [0.1, 0.15) is 17.2 Å². The summed E-state index contributed by atoms with van der Waals surface area (Å²) in [6.07, 6.45) is 0. The highest BCUT2D eigenvalue weighted by Gasteiger charge is 2.24. The zero-order valence-corrected chi connectivity index (χ0v) is 10.9. The monoisotopic (exact) mass is 234 g/mol. The first-order chi connectivity index (χ1) is 7.94. The highest BCUT2D eigenvalue weighted by Crippen LogP contribution is 2.23. The number of pyridine rings is 1. The Morgan fingerprint density at radius 3 is 2.53 bits per heavy atom. The van der Waals surface area contributed by atoms with Crippen molar-refractivity contribution in [1.29, 1.82) is 0 Å². The lowest BCUT2D eigenvalue weighted by atomic mass is 10.1. The van der Waals surface area contributed by atoms with Gasteiger partial charge >= 0.3 is 0 Å². The number of rotatable bonds is 3. The van der Waals surface area contributed by atoms with Crippen LogP contribution in [0.15, 0.2) is 12.1 Å². The number of anilines is 1. The Bertz CT molecular complexity index is 530. The molecule has 5 heteroatoms. The van der Waals surface area contributed by atoms with Gasteiger partial charge in [-0.25, -0.2) is 9.97 Å². The molecule has 2 heterocycles. The van der Waals surface area contributed by atoms with Crippen LogP contribution >= 0.6 is 0 Å². The molecule has 0 bridgehead atoms. The van der Waals surface area contributed by atoms with Gasteiger partial charge in [0.05, 0.1) is 5.52 Å². The molecular formula is C12H18N4O. The Kier molecular flexibility index (Phi) is 2.79. The number of aromatic amines is 1. The minimum Gasteiger partial charge on any atom is -0.371 e. The first-order valence-corrected chi connectivity index (χ1v) is 5.54. The first-order valence-electron chi connectivity index (χ1n) is 5.54. The molecule has 2 rings (SSSR count). The van der Waals surface area contributed by atoms with Gasteiger partial charge < -0.3 is 14.6 Å². The number of nitrogens with zero attached hydrogens (tertiary/aromatic N) is 3. The molecule has 2 aromatic heterocycles. The molecule has 0 unspecified atom stereocenters. The molecule has 0 atom stereocenters. The summed E-state index contributed by atoms with van der Waals surface area (Å²) >= 11 is 0. The maximum Gasteiger partial charge on any atom is 0.179 e. The van der Waals surface area contributed by atoms with Gasteiger partial charge in [0, 0.05) is 21.2 Å². The predicted molar refractivity (Wildman–Crippen MR) is 68.3 cm³/mol. The zero-order chi connectivity index (χ0) is 12.6. The van der Waals surface area contributed by atoms with Gasteiger partial charge in [-0.1, -0.05) is 0 Å². The van der Waals surface area contributed by atoms with Crippen molar-refractivity contribution in [2.24, 2.45) is 0 Å². The number of nitrogens with one attached hydrogen (secondary N) is 1. The summed E-state index contributed by atoms with van der Waals surface area (Å²) in [7, 11) is 5.59. The van der Waals surface area contributed by atoms with Gasteiger partial charge in [-0.3, -0.25) is 0 Å². The summed E-state index contributed by atoms with van der Waals surface area (Å²) in [6, 6.07) is 3.95. The van der Waals surface area contributed by atoms with E-state index < -0.39 is 5.60 Å². The molecule has 0 aliphatic rings. The maximum atomic E-state index is 5.40. The number of H-pyrrole nitrogens is 1. The molecule has 17 heavy (non-hydrogen) atoms. The number of aromatic nitrogens is 3. The molecule has 5 nitrogen and oxygen atoms in total. The molecule has 1 N–H and O–H groups in total. The SMILES string of the molecule is COC(C)(C)c1nc2nc(N(C)C)ccc2[nH]1. The van der Waals surface area contributed by atoms with Crippen molar-refractivity contribution >= 4 is 17.0 Å². The quantitative estimate of drug-likeness (QED) is 0.881. The van der Waals surface area contributed by atoms with Crippen LogP contribution in [0.4, 0.5) is 5.82 Å². The van der Waals surface area contributed by atoms with E-state index in [0.29, 0.717) is 0 Å². The van der Waals surface area contributed by atoms with Gasteiger partial charge in [0.2, 0.25) is 0 Å². The van der Waals surface area contributed by atoms with Crippen molar-refractivity contribution in [1.82, 2.24) is 15.0 Å². The molecule has 0 aliphatic heterocycles. The van der Waals surface area contributed by atoms with E-state index in [1.54, 1.807) is 7.11 Å². The van der Waals surface area contributed by atoms with Crippen molar-refractivity contribution in [2.45, 2.75) is 19.4 Å². The molecule has 0 aliphatic carbocycles. The average molecular weight is 234 g/mol. The van der Waals surface area contributed by atoms with Gasteiger partial charge in [-0.2, -0.15) is 0 Å². The molecule has 0 saturated carbocycles. The highest BCUT2D eigenvalue weighted by molar-refractivity contribution is 5.73. The zero-order valence-electron chi connectivity index (χ0n) is 10.9. The molecule has 92 valence electrons. The van der Waals surface area contributed by atoms with Crippen molar-refractivity contribution in [3.63, 3.8) is 0 Å². The van der Waals surface area contributed by atoms with Gasteiger partial charge in [0.25, 0.3) is 0 Å². The fraction of sp³-hybridized carbons (Fsp3) is 0.500. The molecule has 2 aromatic rings. The second-order valence-corrected chi connectivity index (χ2v) is 4.73. The molecule has 0 aromatic carbocycles. The average Bonchev–Trinajstić information content (AvgIpc) is 2.72. The van der Waals surface area contributed by atoms with Gasteiger partial charge in [-0.15, -0.1) is 0 Å². The second kappa shape index (κ2) is 4.00. The molecule has 0 fully saturated rings. The largest absolute Gasteiger partial charge is 0.371 e. The van der Waals surface area contributed by atoms with Crippen LogP contribution in [-0.2, 0) is 10.3 Å². The van der Waals surface area contributed by atoms with Crippen LogP contribution in [0.3, 0.4) is 0 Å². The summed E-state index contributed by atoms with van der Waals surface area (Å²) in [4.78, 5) is 14.1. The number of ether oxygens (including phenoxy) is 1. The maximum absolute atomic E-state index is 5.40. The van der Waals surface area contributed by atoms with E-state index in [0.717, 1.165) is 22.8 Å². The minimum absolute atomic E-state index is 0.432. The van der Waals surface area contributed by atoms with E-state index in [9.17, 15) is 0 Å². The third-order valence-electron chi connectivity index (χ3n) is 2.87. The summed E-state index contributed by atoms with van der Waals surface area (Å²) in [5.74, 6) is 1.68. The van der Waals surface area contributed by atoms with Crippen LogP contribution in [-0.4, -0.2) is 36.2 Å². The topological polar surface area (TPSA) is 54.0 Å². The minimum atomic E-state index is -0.432. The lowest BCUT2D eigenvalue weighted by Gasteiger charge is -2.19. The fourth-order valence-electron chi connectivity index (χ4n) is 1.51. The molecule has 0 radical (unpaired) electrons. The van der Waals surface area contributed by atoms with Crippen LogP contribution in [0.1, 0.15) is 19.7 Å². The van der Waals surface area contributed by atoms with Crippen molar-refractivity contribution < 1.29 is 4.74 Å². The Morgan fingerprint density at radius 2 is 1.94 bits per heavy atom.